The standard InChI is InChI=1S/C72H65N5O/c1-70(2,3)50-32-30-48(31-33-50)61-45-73-69(44-62(61)72(7,8)9)77-65-37-34-53(76-63-26-15-13-24-57(63)58-25-14-16-27-64(58)76)42-60(65)59-36-35-56(43-68(59)77)78-55-23-19-22-52(41-55)74-46-75(67-29-18-17-28-66(67)74)54-39-49(47-20-11-10-12-21-47)38-51(40-54)71(4,5)6/h10-45H,46H2,1-9H3. The van der Waals surface area contributed by atoms with Gasteiger partial charge in [0, 0.05) is 62.5 Å². The molecule has 0 atom stereocenters. The molecule has 0 fully saturated rings. The highest BCUT2D eigenvalue weighted by Crippen LogP contribution is 2.47. The van der Waals surface area contributed by atoms with E-state index in [-0.39, 0.29) is 16.2 Å². The number of hydrogen-bond donors (Lipinski definition) is 0. The summed E-state index contributed by atoms with van der Waals surface area (Å²) >= 11 is 0. The highest BCUT2D eigenvalue weighted by molar-refractivity contribution is 6.12. The average molecular weight is 1020 g/mol. The number of fused-ring (bicyclic) bond motifs is 7. The Hall–Kier alpha value is -8.87. The summed E-state index contributed by atoms with van der Waals surface area (Å²) in [5.41, 5.74) is 18.5. The van der Waals surface area contributed by atoms with E-state index in [2.05, 4.69) is 300 Å². The van der Waals surface area contributed by atoms with Gasteiger partial charge in [-0.15, -0.1) is 0 Å². The minimum absolute atomic E-state index is 0.0339. The molecule has 1 aliphatic heterocycles. The number of rotatable bonds is 8. The van der Waals surface area contributed by atoms with Crippen LogP contribution >= 0.6 is 0 Å². The van der Waals surface area contributed by atoms with Gasteiger partial charge in [-0.3, -0.25) is 4.57 Å². The molecule has 13 rings (SSSR count). The Labute approximate surface area is 458 Å². The minimum Gasteiger partial charge on any atom is -0.457 e. The number of benzene rings is 9. The SMILES string of the molecule is CC(C)(C)c1ccc(-c2cnc(-n3c4ccc(-n5c6ccccc6c6ccccc65)cc4c4ccc(Oc5cccc(N6CN(c7cc(-c8ccccc8)cc(C(C)(C)C)c7)c7ccccc76)c5)cc43)cc2C(C)(C)C)cc1. The lowest BCUT2D eigenvalue weighted by atomic mass is 9.81. The first-order chi connectivity index (χ1) is 37.5. The van der Waals surface area contributed by atoms with Crippen molar-refractivity contribution in [1.29, 1.82) is 0 Å². The molecule has 384 valence electrons. The zero-order chi connectivity index (χ0) is 53.7. The molecule has 0 unspecified atom stereocenters. The van der Waals surface area contributed by atoms with E-state index in [4.69, 9.17) is 9.72 Å². The van der Waals surface area contributed by atoms with Crippen LogP contribution in [-0.4, -0.2) is 20.8 Å². The van der Waals surface area contributed by atoms with E-state index in [0.717, 1.165) is 61.7 Å². The number of anilines is 4. The third-order valence-electron chi connectivity index (χ3n) is 15.9. The fraction of sp³-hybridized carbons (Fsp3) is 0.181. The number of ether oxygens (including phenoxy) is 1. The first-order valence-electron chi connectivity index (χ1n) is 27.4. The van der Waals surface area contributed by atoms with Gasteiger partial charge >= 0.3 is 0 Å². The van der Waals surface area contributed by atoms with Gasteiger partial charge in [0.1, 0.15) is 24.0 Å². The predicted molar refractivity (Wildman–Crippen MR) is 328 cm³/mol. The van der Waals surface area contributed by atoms with Gasteiger partial charge < -0.3 is 19.1 Å². The smallest absolute Gasteiger partial charge is 0.137 e. The molecular weight excluding hydrogens is 951 g/mol. The Morgan fingerprint density at radius 3 is 1.67 bits per heavy atom. The molecule has 0 radical (unpaired) electrons. The Bertz CT molecular complexity index is 4220. The fourth-order valence-electron chi connectivity index (χ4n) is 11.7. The van der Waals surface area contributed by atoms with E-state index in [1.54, 1.807) is 0 Å². The molecule has 1 aliphatic rings. The second kappa shape index (κ2) is 18.4. The molecule has 0 amide bonds. The van der Waals surface area contributed by atoms with Crippen LogP contribution in [0.1, 0.15) is 79.0 Å². The number of pyridine rings is 1. The molecular formula is C72H65N5O. The van der Waals surface area contributed by atoms with E-state index in [9.17, 15) is 0 Å². The summed E-state index contributed by atoms with van der Waals surface area (Å²) in [5.74, 6) is 2.36. The third-order valence-corrected chi connectivity index (χ3v) is 15.9. The van der Waals surface area contributed by atoms with Gasteiger partial charge in [0.15, 0.2) is 0 Å². The number of hydrogen-bond acceptors (Lipinski definition) is 4. The number of nitrogens with zero attached hydrogens (tertiary/aromatic N) is 5. The van der Waals surface area contributed by atoms with E-state index in [1.807, 2.05) is 0 Å². The van der Waals surface area contributed by atoms with Crippen molar-refractivity contribution in [2.75, 3.05) is 16.5 Å². The Morgan fingerprint density at radius 1 is 0.372 bits per heavy atom. The van der Waals surface area contributed by atoms with E-state index < -0.39 is 0 Å². The molecule has 78 heavy (non-hydrogen) atoms. The van der Waals surface area contributed by atoms with Crippen molar-refractivity contribution < 1.29 is 4.74 Å². The average Bonchev–Trinajstić information content (AvgIpc) is 4.28. The van der Waals surface area contributed by atoms with Crippen molar-refractivity contribution >= 4 is 66.4 Å². The zero-order valence-electron chi connectivity index (χ0n) is 46.1. The summed E-state index contributed by atoms with van der Waals surface area (Å²) < 4.78 is 11.7. The fourth-order valence-corrected chi connectivity index (χ4v) is 11.7. The molecule has 0 saturated heterocycles. The number of aromatic nitrogens is 3. The van der Waals surface area contributed by atoms with E-state index in [0.29, 0.717) is 6.67 Å². The molecule has 0 N–H and O–H groups in total. The van der Waals surface area contributed by atoms with Crippen LogP contribution in [0.3, 0.4) is 0 Å². The van der Waals surface area contributed by atoms with Crippen molar-refractivity contribution in [3.63, 3.8) is 0 Å². The molecule has 0 spiro atoms. The molecule has 4 heterocycles. The van der Waals surface area contributed by atoms with Crippen LogP contribution in [0, 0.1) is 0 Å². The van der Waals surface area contributed by atoms with Crippen molar-refractivity contribution in [3.8, 4) is 45.3 Å². The lowest BCUT2D eigenvalue weighted by Gasteiger charge is -2.26. The summed E-state index contributed by atoms with van der Waals surface area (Å²) in [7, 11) is 0. The Morgan fingerprint density at radius 2 is 0.987 bits per heavy atom. The molecule has 3 aromatic heterocycles. The normalized spacial score (nSPS) is 13.1. The summed E-state index contributed by atoms with van der Waals surface area (Å²) in [4.78, 5) is 10.2. The lowest BCUT2D eigenvalue weighted by molar-refractivity contribution is 0.483. The van der Waals surface area contributed by atoms with Crippen LogP contribution in [0.25, 0.3) is 77.4 Å². The molecule has 9 aromatic carbocycles. The van der Waals surface area contributed by atoms with Gasteiger partial charge in [-0.1, -0.05) is 178 Å². The second-order valence-electron chi connectivity index (χ2n) is 24.2. The van der Waals surface area contributed by atoms with Crippen molar-refractivity contribution in [1.82, 2.24) is 14.1 Å². The second-order valence-corrected chi connectivity index (χ2v) is 24.2. The molecule has 0 saturated carbocycles. The Balaban J connectivity index is 0.913. The highest BCUT2D eigenvalue weighted by atomic mass is 16.5. The predicted octanol–water partition coefficient (Wildman–Crippen LogP) is 19.5. The van der Waals surface area contributed by atoms with Crippen LogP contribution in [0.5, 0.6) is 11.5 Å². The van der Waals surface area contributed by atoms with Crippen molar-refractivity contribution in [2.45, 2.75) is 78.6 Å². The molecule has 0 bridgehead atoms. The van der Waals surface area contributed by atoms with Gasteiger partial charge in [-0.05, 0) is 135 Å². The first kappa shape index (κ1) is 48.8. The largest absolute Gasteiger partial charge is 0.457 e. The highest BCUT2D eigenvalue weighted by Gasteiger charge is 2.30. The first-order valence-corrected chi connectivity index (χ1v) is 27.4. The van der Waals surface area contributed by atoms with Gasteiger partial charge in [0.25, 0.3) is 0 Å². The van der Waals surface area contributed by atoms with Gasteiger partial charge in [0.2, 0.25) is 0 Å². The third kappa shape index (κ3) is 8.57. The van der Waals surface area contributed by atoms with Crippen LogP contribution in [0.2, 0.25) is 0 Å². The monoisotopic (exact) mass is 1020 g/mol. The molecule has 12 aromatic rings. The van der Waals surface area contributed by atoms with E-state index in [1.165, 1.54) is 66.6 Å². The quantitative estimate of drug-likeness (QED) is 0.152. The maximum atomic E-state index is 6.98. The Kier molecular flexibility index (Phi) is 11.5. The van der Waals surface area contributed by atoms with Crippen LogP contribution < -0.4 is 14.5 Å². The zero-order valence-corrected chi connectivity index (χ0v) is 46.1. The van der Waals surface area contributed by atoms with Crippen molar-refractivity contribution in [2.24, 2.45) is 0 Å². The van der Waals surface area contributed by atoms with Gasteiger partial charge in [0.05, 0.1) is 33.4 Å². The summed E-state index contributed by atoms with van der Waals surface area (Å²) in [5, 5.41) is 4.74. The minimum atomic E-state index is -0.175. The van der Waals surface area contributed by atoms with Crippen LogP contribution in [0.15, 0.2) is 219 Å². The summed E-state index contributed by atoms with van der Waals surface area (Å²) in [6.07, 6.45) is 2.08. The van der Waals surface area contributed by atoms with Crippen LogP contribution in [0.4, 0.5) is 22.7 Å². The van der Waals surface area contributed by atoms with Crippen molar-refractivity contribution in [3.05, 3.63) is 235 Å². The van der Waals surface area contributed by atoms with E-state index >= 15 is 0 Å². The van der Waals surface area contributed by atoms with Gasteiger partial charge in [-0.25, -0.2) is 4.98 Å². The topological polar surface area (TPSA) is 38.5 Å². The lowest BCUT2D eigenvalue weighted by Crippen LogP contribution is -2.24. The maximum Gasteiger partial charge on any atom is 0.137 e. The number of para-hydroxylation sites is 4. The molecule has 6 nitrogen and oxygen atoms in total. The summed E-state index contributed by atoms with van der Waals surface area (Å²) in [6, 6.07) is 77.2. The summed E-state index contributed by atoms with van der Waals surface area (Å²) in [6.45, 7) is 21.2. The molecule has 0 aliphatic carbocycles. The molecule has 6 heteroatoms. The van der Waals surface area contributed by atoms with Crippen LogP contribution in [-0.2, 0) is 16.2 Å². The van der Waals surface area contributed by atoms with Gasteiger partial charge in [-0.2, -0.15) is 0 Å². The maximum absolute atomic E-state index is 6.98.